The van der Waals surface area contributed by atoms with Gasteiger partial charge in [-0.3, -0.25) is 0 Å². The standard InChI is InChI=1S/C46H46O6/c1-47-39-21-17-33(18-22-39)11-15-37-27-43(49-3)31-45(29-37)51-41-9-5-7-35(25-41)13-14-36-8-6-10-42(26-36)52-46-30-38(28-44(32-46)50-4)16-12-34-19-23-40(48-2)24-20-34/h5-10,17-32H,11-16H2,1-4H3. The molecule has 0 atom stereocenters. The fraction of sp³-hybridized carbons (Fsp3) is 0.217. The van der Waals surface area contributed by atoms with Gasteiger partial charge in [0.05, 0.1) is 28.4 Å². The highest BCUT2D eigenvalue weighted by Gasteiger charge is 2.09. The van der Waals surface area contributed by atoms with Crippen LogP contribution in [0.3, 0.4) is 0 Å². The van der Waals surface area contributed by atoms with Crippen molar-refractivity contribution in [2.75, 3.05) is 28.4 Å². The molecule has 0 aliphatic carbocycles. The second-order valence-corrected chi connectivity index (χ2v) is 12.7. The van der Waals surface area contributed by atoms with Gasteiger partial charge < -0.3 is 28.4 Å². The first-order valence-corrected chi connectivity index (χ1v) is 17.6. The molecule has 6 rings (SSSR count). The normalized spacial score (nSPS) is 10.8. The van der Waals surface area contributed by atoms with E-state index in [1.165, 1.54) is 22.3 Å². The van der Waals surface area contributed by atoms with E-state index in [0.29, 0.717) is 0 Å². The molecule has 6 heteroatoms. The van der Waals surface area contributed by atoms with Gasteiger partial charge in [0.1, 0.15) is 46.0 Å². The van der Waals surface area contributed by atoms with E-state index in [1.807, 2.05) is 60.7 Å². The Bertz CT molecular complexity index is 1890. The average Bonchev–Trinajstić information content (AvgIpc) is 3.19. The fourth-order valence-corrected chi connectivity index (χ4v) is 6.16. The van der Waals surface area contributed by atoms with Crippen LogP contribution in [0.1, 0.15) is 33.4 Å². The maximum Gasteiger partial charge on any atom is 0.131 e. The van der Waals surface area contributed by atoms with E-state index in [4.69, 9.17) is 28.4 Å². The molecule has 0 bridgehead atoms. The smallest absolute Gasteiger partial charge is 0.131 e. The summed E-state index contributed by atoms with van der Waals surface area (Å²) in [6.45, 7) is 0. The number of benzene rings is 6. The van der Waals surface area contributed by atoms with Crippen LogP contribution < -0.4 is 28.4 Å². The lowest BCUT2D eigenvalue weighted by Crippen LogP contribution is -1.96. The maximum absolute atomic E-state index is 6.37. The number of aryl methyl sites for hydroxylation is 6. The summed E-state index contributed by atoms with van der Waals surface area (Å²) in [4.78, 5) is 0. The molecule has 0 N–H and O–H groups in total. The van der Waals surface area contributed by atoms with Crippen molar-refractivity contribution in [1.82, 2.24) is 0 Å². The Balaban J connectivity index is 1.06. The highest BCUT2D eigenvalue weighted by atomic mass is 16.5. The van der Waals surface area contributed by atoms with E-state index < -0.39 is 0 Å². The van der Waals surface area contributed by atoms with E-state index >= 15 is 0 Å². The predicted molar refractivity (Wildman–Crippen MR) is 207 cm³/mol. The van der Waals surface area contributed by atoms with Crippen molar-refractivity contribution < 1.29 is 28.4 Å². The van der Waals surface area contributed by atoms with Crippen LogP contribution >= 0.6 is 0 Å². The molecular weight excluding hydrogens is 649 g/mol. The van der Waals surface area contributed by atoms with Gasteiger partial charge >= 0.3 is 0 Å². The van der Waals surface area contributed by atoms with Gasteiger partial charge in [0.2, 0.25) is 0 Å². The third-order valence-corrected chi connectivity index (χ3v) is 9.04. The monoisotopic (exact) mass is 694 g/mol. The summed E-state index contributed by atoms with van der Waals surface area (Å²) in [5, 5.41) is 0. The summed E-state index contributed by atoms with van der Waals surface area (Å²) in [6, 6.07) is 45.2. The number of methoxy groups -OCH3 is 4. The van der Waals surface area contributed by atoms with Gasteiger partial charge in [-0.1, -0.05) is 48.5 Å². The van der Waals surface area contributed by atoms with E-state index in [0.717, 1.165) is 95.6 Å². The van der Waals surface area contributed by atoms with Gasteiger partial charge in [0.15, 0.2) is 0 Å². The van der Waals surface area contributed by atoms with Crippen LogP contribution in [-0.2, 0) is 38.5 Å². The van der Waals surface area contributed by atoms with Crippen LogP contribution in [0, 0.1) is 0 Å². The summed E-state index contributed by atoms with van der Waals surface area (Å²) < 4.78 is 34.5. The van der Waals surface area contributed by atoms with Gasteiger partial charge in [-0.2, -0.15) is 0 Å². The Hall–Kier alpha value is -5.88. The lowest BCUT2D eigenvalue weighted by molar-refractivity contribution is 0.408. The Morgan fingerprint density at radius 3 is 0.981 bits per heavy atom. The minimum absolute atomic E-state index is 0.757. The average molecular weight is 695 g/mol. The molecular formula is C46H46O6. The summed E-state index contributed by atoms with van der Waals surface area (Å²) in [7, 11) is 6.74. The van der Waals surface area contributed by atoms with E-state index in [-0.39, 0.29) is 0 Å². The zero-order chi connectivity index (χ0) is 36.1. The summed E-state index contributed by atoms with van der Waals surface area (Å²) in [5.41, 5.74) is 7.20. The minimum Gasteiger partial charge on any atom is -0.497 e. The topological polar surface area (TPSA) is 55.4 Å². The summed E-state index contributed by atoms with van der Waals surface area (Å²) >= 11 is 0. The van der Waals surface area contributed by atoms with Crippen LogP contribution in [0.15, 0.2) is 133 Å². The van der Waals surface area contributed by atoms with Crippen molar-refractivity contribution in [3.63, 3.8) is 0 Å². The van der Waals surface area contributed by atoms with Crippen LogP contribution in [-0.4, -0.2) is 28.4 Å². The summed E-state index contributed by atoms with van der Waals surface area (Å²) in [6.07, 6.45) is 5.27. The molecule has 0 aliphatic rings. The first kappa shape index (κ1) is 35.9. The molecule has 6 nitrogen and oxygen atoms in total. The molecule has 0 fully saturated rings. The highest BCUT2D eigenvalue weighted by molar-refractivity contribution is 5.44. The molecule has 6 aromatic rings. The number of hydrogen-bond donors (Lipinski definition) is 0. The zero-order valence-corrected chi connectivity index (χ0v) is 30.4. The molecule has 0 saturated heterocycles. The third kappa shape index (κ3) is 10.3. The van der Waals surface area contributed by atoms with Gasteiger partial charge in [-0.05, 0) is 145 Å². The van der Waals surface area contributed by atoms with Gasteiger partial charge in [-0.25, -0.2) is 0 Å². The molecule has 0 aromatic heterocycles. The van der Waals surface area contributed by atoms with Crippen molar-refractivity contribution in [3.05, 3.63) is 167 Å². The quantitative estimate of drug-likeness (QED) is 0.0947. The third-order valence-electron chi connectivity index (χ3n) is 9.04. The van der Waals surface area contributed by atoms with E-state index in [9.17, 15) is 0 Å². The molecule has 6 aromatic carbocycles. The Morgan fingerprint density at radius 1 is 0.269 bits per heavy atom. The lowest BCUT2D eigenvalue weighted by atomic mass is 10.0. The van der Waals surface area contributed by atoms with E-state index in [2.05, 4.69) is 72.8 Å². The molecule has 0 aliphatic heterocycles. The summed E-state index contributed by atoms with van der Waals surface area (Å²) in [5.74, 6) is 6.39. The Morgan fingerprint density at radius 2 is 0.596 bits per heavy atom. The molecule has 0 heterocycles. The molecule has 52 heavy (non-hydrogen) atoms. The van der Waals surface area contributed by atoms with Gasteiger partial charge in [0, 0.05) is 12.1 Å². The van der Waals surface area contributed by atoms with E-state index in [1.54, 1.807) is 28.4 Å². The first-order chi connectivity index (χ1) is 25.5. The predicted octanol–water partition coefficient (Wildman–Crippen LogP) is 10.7. The van der Waals surface area contributed by atoms with Crippen molar-refractivity contribution in [2.24, 2.45) is 0 Å². The number of hydrogen-bond acceptors (Lipinski definition) is 6. The van der Waals surface area contributed by atoms with Crippen molar-refractivity contribution in [3.8, 4) is 46.0 Å². The Kier molecular flexibility index (Phi) is 12.3. The number of ether oxygens (including phenoxy) is 6. The fourth-order valence-electron chi connectivity index (χ4n) is 6.16. The van der Waals surface area contributed by atoms with Crippen molar-refractivity contribution >= 4 is 0 Å². The molecule has 0 amide bonds. The molecule has 0 spiro atoms. The number of rotatable bonds is 17. The maximum atomic E-state index is 6.37. The van der Waals surface area contributed by atoms with Gasteiger partial charge in [-0.15, -0.1) is 0 Å². The first-order valence-electron chi connectivity index (χ1n) is 17.6. The lowest BCUT2D eigenvalue weighted by Gasteiger charge is -2.13. The van der Waals surface area contributed by atoms with Crippen molar-refractivity contribution in [2.45, 2.75) is 38.5 Å². The largest absolute Gasteiger partial charge is 0.497 e. The van der Waals surface area contributed by atoms with Crippen molar-refractivity contribution in [1.29, 1.82) is 0 Å². The SMILES string of the molecule is COc1ccc(CCc2cc(OC)cc(Oc3cccc(CCc4cccc(Oc5cc(CCc6ccc(OC)cc6)cc(OC)c5)c4)c3)c2)cc1. The molecule has 266 valence electrons. The van der Waals surface area contributed by atoms with Crippen LogP contribution in [0.4, 0.5) is 0 Å². The zero-order valence-electron chi connectivity index (χ0n) is 30.4. The Labute approximate surface area is 307 Å². The van der Waals surface area contributed by atoms with Gasteiger partial charge in [0.25, 0.3) is 0 Å². The second kappa shape index (κ2) is 17.9. The van der Waals surface area contributed by atoms with Crippen LogP contribution in [0.25, 0.3) is 0 Å². The second-order valence-electron chi connectivity index (χ2n) is 12.7. The molecule has 0 radical (unpaired) electrons. The van der Waals surface area contributed by atoms with Crippen LogP contribution in [0.5, 0.6) is 46.0 Å². The van der Waals surface area contributed by atoms with Crippen LogP contribution in [0.2, 0.25) is 0 Å². The highest BCUT2D eigenvalue weighted by Crippen LogP contribution is 2.31. The molecule has 0 saturated carbocycles. The minimum atomic E-state index is 0.757. The molecule has 0 unspecified atom stereocenters.